The molecule has 0 saturated carbocycles. The second-order valence-electron chi connectivity index (χ2n) is 11.8. The van der Waals surface area contributed by atoms with Crippen LogP contribution < -0.4 is 4.90 Å². The molecule has 0 saturated heterocycles. The standard InChI is InChI=1S/C44H29NS/c1-3-12-32(13-4-1)43-39-18-10-9-15-35(39)28-42-44(43)40-29-38(25-26-41(40)46-42)45(36-16-5-2-6-17-36)37-23-21-31(22-24-37)34-20-19-30-11-7-8-14-33(30)27-34/h1-29H. The quantitative estimate of drug-likeness (QED) is 0.189. The van der Waals surface area contributed by atoms with Crippen molar-refractivity contribution in [3.05, 3.63) is 176 Å². The first-order valence-electron chi connectivity index (χ1n) is 15.7. The molecule has 0 atom stereocenters. The molecule has 9 aromatic rings. The summed E-state index contributed by atoms with van der Waals surface area (Å²) in [5, 5.41) is 7.70. The topological polar surface area (TPSA) is 3.24 Å². The number of rotatable bonds is 5. The molecule has 9 rings (SSSR count). The summed E-state index contributed by atoms with van der Waals surface area (Å²) in [6.45, 7) is 0. The van der Waals surface area contributed by atoms with Crippen molar-refractivity contribution in [1.82, 2.24) is 0 Å². The summed E-state index contributed by atoms with van der Waals surface area (Å²) in [5.74, 6) is 0. The minimum absolute atomic E-state index is 1.13. The van der Waals surface area contributed by atoms with Gasteiger partial charge in [0, 0.05) is 37.2 Å². The highest BCUT2D eigenvalue weighted by Crippen LogP contribution is 2.46. The predicted octanol–water partition coefficient (Wildman–Crippen LogP) is 13.2. The smallest absolute Gasteiger partial charge is 0.0468 e. The Balaban J connectivity index is 1.22. The lowest BCUT2D eigenvalue weighted by atomic mass is 9.93. The van der Waals surface area contributed by atoms with E-state index in [-0.39, 0.29) is 0 Å². The third-order valence-electron chi connectivity index (χ3n) is 9.01. The Morgan fingerprint density at radius 3 is 1.78 bits per heavy atom. The van der Waals surface area contributed by atoms with Crippen LogP contribution in [0.5, 0.6) is 0 Å². The van der Waals surface area contributed by atoms with Gasteiger partial charge in [-0.3, -0.25) is 0 Å². The lowest BCUT2D eigenvalue weighted by molar-refractivity contribution is 1.29. The molecule has 0 bridgehead atoms. The van der Waals surface area contributed by atoms with Crippen LogP contribution in [0.4, 0.5) is 17.1 Å². The SMILES string of the molecule is c1ccc(-c2c3ccccc3cc3sc4ccc(N(c5ccccc5)c5ccc(-c6ccc7ccccc7c6)cc5)cc4c23)cc1. The lowest BCUT2D eigenvalue weighted by Crippen LogP contribution is -2.09. The van der Waals surface area contributed by atoms with Crippen molar-refractivity contribution in [2.24, 2.45) is 0 Å². The number of nitrogens with zero attached hydrogens (tertiary/aromatic N) is 1. The maximum Gasteiger partial charge on any atom is 0.0468 e. The Morgan fingerprint density at radius 1 is 0.348 bits per heavy atom. The fourth-order valence-electron chi connectivity index (χ4n) is 6.83. The number of benzene rings is 8. The van der Waals surface area contributed by atoms with E-state index in [0.29, 0.717) is 0 Å². The molecule has 1 aromatic heterocycles. The zero-order chi connectivity index (χ0) is 30.5. The second kappa shape index (κ2) is 11.0. The largest absolute Gasteiger partial charge is 0.310 e. The Labute approximate surface area is 272 Å². The van der Waals surface area contributed by atoms with E-state index >= 15 is 0 Å². The van der Waals surface area contributed by atoms with Crippen LogP contribution in [0.15, 0.2) is 176 Å². The first kappa shape index (κ1) is 26.7. The number of hydrogen-bond donors (Lipinski definition) is 0. The van der Waals surface area contributed by atoms with Crippen molar-refractivity contribution in [2.45, 2.75) is 0 Å². The lowest BCUT2D eigenvalue weighted by Gasteiger charge is -2.26. The van der Waals surface area contributed by atoms with Gasteiger partial charge in [-0.2, -0.15) is 0 Å². The summed E-state index contributed by atoms with van der Waals surface area (Å²) in [6.07, 6.45) is 0. The summed E-state index contributed by atoms with van der Waals surface area (Å²) in [6, 6.07) is 63.9. The molecule has 0 N–H and O–H groups in total. The van der Waals surface area contributed by atoms with Gasteiger partial charge >= 0.3 is 0 Å². The van der Waals surface area contributed by atoms with Crippen LogP contribution >= 0.6 is 11.3 Å². The van der Waals surface area contributed by atoms with Gasteiger partial charge in [0.25, 0.3) is 0 Å². The highest BCUT2D eigenvalue weighted by Gasteiger charge is 2.18. The molecule has 0 radical (unpaired) electrons. The van der Waals surface area contributed by atoms with Crippen molar-refractivity contribution in [3.8, 4) is 22.3 Å². The molecule has 8 aromatic carbocycles. The van der Waals surface area contributed by atoms with Gasteiger partial charge in [-0.25, -0.2) is 0 Å². The molecule has 0 spiro atoms. The van der Waals surface area contributed by atoms with E-state index in [2.05, 4.69) is 181 Å². The molecule has 46 heavy (non-hydrogen) atoms. The van der Waals surface area contributed by atoms with Crippen molar-refractivity contribution in [3.63, 3.8) is 0 Å². The fraction of sp³-hybridized carbons (Fsp3) is 0. The molecule has 0 aliphatic carbocycles. The van der Waals surface area contributed by atoms with E-state index in [1.807, 2.05) is 11.3 Å². The molecular weight excluding hydrogens is 575 g/mol. The van der Waals surface area contributed by atoms with Crippen molar-refractivity contribution < 1.29 is 0 Å². The minimum Gasteiger partial charge on any atom is -0.310 e. The van der Waals surface area contributed by atoms with Crippen LogP contribution in [0.3, 0.4) is 0 Å². The predicted molar refractivity (Wildman–Crippen MR) is 200 cm³/mol. The van der Waals surface area contributed by atoms with E-state index in [0.717, 1.165) is 17.1 Å². The molecule has 0 fully saturated rings. The van der Waals surface area contributed by atoms with Gasteiger partial charge in [0.2, 0.25) is 0 Å². The average Bonchev–Trinajstić information content (AvgIpc) is 3.49. The normalized spacial score (nSPS) is 11.5. The number of hydrogen-bond acceptors (Lipinski definition) is 2. The van der Waals surface area contributed by atoms with Crippen molar-refractivity contribution in [2.75, 3.05) is 4.90 Å². The van der Waals surface area contributed by atoms with Gasteiger partial charge in [0.05, 0.1) is 0 Å². The van der Waals surface area contributed by atoms with Crippen LogP contribution in [-0.4, -0.2) is 0 Å². The van der Waals surface area contributed by atoms with Gasteiger partial charge < -0.3 is 4.90 Å². The Hall–Kier alpha value is -5.70. The summed E-state index contributed by atoms with van der Waals surface area (Å²) >= 11 is 1.88. The van der Waals surface area contributed by atoms with E-state index in [9.17, 15) is 0 Å². The maximum absolute atomic E-state index is 2.39. The molecule has 0 aliphatic heterocycles. The number of fused-ring (bicyclic) bond motifs is 5. The molecule has 1 nitrogen and oxygen atoms in total. The summed E-state index contributed by atoms with van der Waals surface area (Å²) < 4.78 is 2.61. The van der Waals surface area contributed by atoms with Gasteiger partial charge in [0.15, 0.2) is 0 Å². The monoisotopic (exact) mass is 603 g/mol. The highest BCUT2D eigenvalue weighted by atomic mass is 32.1. The minimum atomic E-state index is 1.13. The van der Waals surface area contributed by atoms with Crippen molar-refractivity contribution in [1.29, 1.82) is 0 Å². The van der Waals surface area contributed by atoms with Crippen LogP contribution in [0.1, 0.15) is 0 Å². The first-order valence-corrected chi connectivity index (χ1v) is 16.5. The fourth-order valence-corrected chi connectivity index (χ4v) is 7.97. The summed E-state index contributed by atoms with van der Waals surface area (Å²) in [7, 11) is 0. The van der Waals surface area contributed by atoms with Crippen LogP contribution in [0.25, 0.3) is 64.0 Å². The van der Waals surface area contributed by atoms with Gasteiger partial charge in [0.1, 0.15) is 0 Å². The number of para-hydroxylation sites is 1. The Kier molecular flexibility index (Phi) is 6.40. The molecule has 0 aliphatic rings. The highest BCUT2D eigenvalue weighted by molar-refractivity contribution is 7.26. The molecular formula is C44H29NS. The summed E-state index contributed by atoms with van der Waals surface area (Å²) in [4.78, 5) is 2.37. The average molecular weight is 604 g/mol. The molecule has 2 heteroatoms. The van der Waals surface area contributed by atoms with E-state index < -0.39 is 0 Å². The third-order valence-corrected chi connectivity index (χ3v) is 10.1. The van der Waals surface area contributed by atoms with Crippen LogP contribution in [0, 0.1) is 0 Å². The van der Waals surface area contributed by atoms with Gasteiger partial charge in [-0.05, 0) is 98.4 Å². The van der Waals surface area contributed by atoms with Crippen molar-refractivity contribution >= 4 is 70.1 Å². The van der Waals surface area contributed by atoms with Crippen LogP contribution in [-0.2, 0) is 0 Å². The molecule has 216 valence electrons. The zero-order valence-electron chi connectivity index (χ0n) is 25.1. The summed E-state index contributed by atoms with van der Waals surface area (Å²) in [5.41, 5.74) is 8.40. The molecule has 0 amide bonds. The first-order chi connectivity index (χ1) is 22.8. The Morgan fingerprint density at radius 2 is 0.978 bits per heavy atom. The van der Waals surface area contributed by atoms with E-state index in [4.69, 9.17) is 0 Å². The maximum atomic E-state index is 2.39. The third kappa shape index (κ3) is 4.54. The van der Waals surface area contributed by atoms with E-state index in [1.54, 1.807) is 0 Å². The van der Waals surface area contributed by atoms with E-state index in [1.165, 1.54) is 64.0 Å². The Bertz CT molecular complexity index is 2510. The van der Waals surface area contributed by atoms with Gasteiger partial charge in [-0.15, -0.1) is 11.3 Å². The van der Waals surface area contributed by atoms with Gasteiger partial charge in [-0.1, -0.05) is 121 Å². The number of thiophene rings is 1. The zero-order valence-corrected chi connectivity index (χ0v) is 25.9. The second-order valence-corrected chi connectivity index (χ2v) is 12.9. The van der Waals surface area contributed by atoms with Crippen LogP contribution in [0.2, 0.25) is 0 Å². The number of anilines is 3. The molecule has 0 unspecified atom stereocenters. The molecule has 1 heterocycles.